The highest BCUT2D eigenvalue weighted by molar-refractivity contribution is 9.09. The van der Waals surface area contributed by atoms with Crippen LogP contribution in [0.4, 0.5) is 0 Å². The molecule has 0 saturated heterocycles. The van der Waals surface area contributed by atoms with Gasteiger partial charge in [0, 0.05) is 4.83 Å². The van der Waals surface area contributed by atoms with Crippen molar-refractivity contribution in [1.82, 2.24) is 0 Å². The molecule has 74 valence electrons. The minimum atomic E-state index is 0.686. The number of rotatable bonds is 5. The van der Waals surface area contributed by atoms with E-state index in [-0.39, 0.29) is 0 Å². The first-order valence-corrected chi connectivity index (χ1v) is 6.75. The van der Waals surface area contributed by atoms with Crippen molar-refractivity contribution in [2.24, 2.45) is 5.92 Å². The van der Waals surface area contributed by atoms with Gasteiger partial charge in [0.25, 0.3) is 0 Å². The molecule has 0 spiro atoms. The molecule has 1 rings (SSSR count). The van der Waals surface area contributed by atoms with E-state index < -0.39 is 0 Å². The average molecular weight is 261 g/mol. The van der Waals surface area contributed by atoms with Crippen molar-refractivity contribution >= 4 is 27.3 Å². The van der Waals surface area contributed by atoms with Crippen LogP contribution < -0.4 is 0 Å². The fraction of sp³-hybridized carbons (Fsp3) is 0.636. The Morgan fingerprint density at radius 2 is 2.31 bits per heavy atom. The first-order chi connectivity index (χ1) is 6.24. The summed E-state index contributed by atoms with van der Waals surface area (Å²) in [5, 5.41) is 4.41. The molecule has 0 N–H and O–H groups in total. The third-order valence-electron chi connectivity index (χ3n) is 2.48. The van der Waals surface area contributed by atoms with Crippen molar-refractivity contribution in [3.63, 3.8) is 0 Å². The van der Waals surface area contributed by atoms with Crippen molar-refractivity contribution < 1.29 is 0 Å². The van der Waals surface area contributed by atoms with Gasteiger partial charge in [0.15, 0.2) is 0 Å². The Bertz CT molecular complexity index is 218. The maximum absolute atomic E-state index is 3.71. The number of aryl methyl sites for hydroxylation is 1. The van der Waals surface area contributed by atoms with E-state index in [4.69, 9.17) is 0 Å². The summed E-state index contributed by atoms with van der Waals surface area (Å²) in [6.45, 7) is 4.57. The van der Waals surface area contributed by atoms with Crippen LogP contribution in [0, 0.1) is 5.92 Å². The zero-order valence-electron chi connectivity index (χ0n) is 8.29. The van der Waals surface area contributed by atoms with Crippen molar-refractivity contribution in [3.8, 4) is 0 Å². The predicted octanol–water partition coefficient (Wildman–Crippen LogP) is 4.49. The van der Waals surface area contributed by atoms with Crippen LogP contribution in [0.2, 0.25) is 0 Å². The molecule has 0 saturated carbocycles. The molecule has 0 aliphatic rings. The van der Waals surface area contributed by atoms with Gasteiger partial charge in [-0.1, -0.05) is 29.8 Å². The Hall–Kier alpha value is 0.180. The number of alkyl halides is 1. The number of halogens is 1. The highest BCUT2D eigenvalue weighted by Crippen LogP contribution is 2.21. The topological polar surface area (TPSA) is 0 Å². The molecule has 0 aliphatic heterocycles. The second-order valence-corrected chi connectivity index (χ2v) is 5.53. The minimum Gasteiger partial charge on any atom is -0.152 e. The van der Waals surface area contributed by atoms with E-state index in [0.29, 0.717) is 4.83 Å². The molecule has 2 heteroatoms. The monoisotopic (exact) mass is 260 g/mol. The lowest BCUT2D eigenvalue weighted by molar-refractivity contribution is 0.507. The molecule has 13 heavy (non-hydrogen) atoms. The fourth-order valence-electron chi connectivity index (χ4n) is 1.41. The zero-order valence-corrected chi connectivity index (χ0v) is 10.7. The molecule has 0 aliphatic carbocycles. The fourth-order valence-corrected chi connectivity index (χ4v) is 2.38. The molecule has 0 bridgehead atoms. The Morgan fingerprint density at radius 1 is 1.54 bits per heavy atom. The summed E-state index contributed by atoms with van der Waals surface area (Å²) in [7, 11) is 0. The maximum atomic E-state index is 3.71. The summed E-state index contributed by atoms with van der Waals surface area (Å²) >= 11 is 5.50. The molecule has 0 amide bonds. The Balaban J connectivity index is 2.26. The van der Waals surface area contributed by atoms with Crippen molar-refractivity contribution in [2.45, 2.75) is 37.9 Å². The van der Waals surface area contributed by atoms with Crippen LogP contribution in [0.5, 0.6) is 0 Å². The van der Waals surface area contributed by atoms with Gasteiger partial charge in [-0.2, -0.15) is 11.3 Å². The van der Waals surface area contributed by atoms with Crippen LogP contribution in [0.3, 0.4) is 0 Å². The standard InChI is InChI=1S/C11H17BrS/c1-3-11(12)9(2)4-5-10-6-7-13-8-10/h6-9,11H,3-5H2,1-2H3. The van der Waals surface area contributed by atoms with Crippen LogP contribution in [0.15, 0.2) is 16.8 Å². The second kappa shape index (κ2) is 5.82. The Morgan fingerprint density at radius 3 is 2.85 bits per heavy atom. The van der Waals surface area contributed by atoms with E-state index in [0.717, 1.165) is 5.92 Å². The van der Waals surface area contributed by atoms with E-state index in [1.807, 2.05) is 0 Å². The quantitative estimate of drug-likeness (QED) is 0.685. The Kier molecular flexibility index (Phi) is 5.04. The van der Waals surface area contributed by atoms with Gasteiger partial charge in [-0.3, -0.25) is 0 Å². The van der Waals surface area contributed by atoms with Crippen molar-refractivity contribution in [3.05, 3.63) is 22.4 Å². The molecule has 0 aromatic carbocycles. The predicted molar refractivity (Wildman–Crippen MR) is 64.8 cm³/mol. The van der Waals surface area contributed by atoms with E-state index >= 15 is 0 Å². The molecule has 1 heterocycles. The lowest BCUT2D eigenvalue weighted by Gasteiger charge is -2.15. The highest BCUT2D eigenvalue weighted by atomic mass is 79.9. The summed E-state index contributed by atoms with van der Waals surface area (Å²) in [5.74, 6) is 0.782. The molecular formula is C11H17BrS. The molecule has 0 nitrogen and oxygen atoms in total. The van der Waals surface area contributed by atoms with Gasteiger partial charge < -0.3 is 0 Å². The van der Waals surface area contributed by atoms with Gasteiger partial charge in [-0.25, -0.2) is 0 Å². The molecular weight excluding hydrogens is 244 g/mol. The van der Waals surface area contributed by atoms with E-state index in [1.54, 1.807) is 11.3 Å². The summed E-state index contributed by atoms with van der Waals surface area (Å²) in [6, 6.07) is 2.23. The first-order valence-electron chi connectivity index (χ1n) is 4.89. The van der Waals surface area contributed by atoms with Gasteiger partial charge >= 0.3 is 0 Å². The molecule has 1 aromatic heterocycles. The molecule has 1 aromatic rings. The molecule has 0 fully saturated rings. The average Bonchev–Trinajstić information content (AvgIpc) is 2.65. The second-order valence-electron chi connectivity index (χ2n) is 3.57. The number of hydrogen-bond donors (Lipinski definition) is 0. The van der Waals surface area contributed by atoms with Gasteiger partial charge in [-0.15, -0.1) is 0 Å². The third kappa shape index (κ3) is 3.82. The largest absolute Gasteiger partial charge is 0.152 e. The SMILES string of the molecule is CCC(Br)C(C)CCc1ccsc1. The number of hydrogen-bond acceptors (Lipinski definition) is 1. The van der Waals surface area contributed by atoms with Crippen LogP contribution in [0.25, 0.3) is 0 Å². The molecule has 2 unspecified atom stereocenters. The van der Waals surface area contributed by atoms with E-state index in [1.165, 1.54) is 24.8 Å². The molecule has 2 atom stereocenters. The van der Waals surface area contributed by atoms with Gasteiger partial charge in [0.1, 0.15) is 0 Å². The van der Waals surface area contributed by atoms with Crippen LogP contribution in [-0.4, -0.2) is 4.83 Å². The van der Waals surface area contributed by atoms with Crippen molar-refractivity contribution in [1.29, 1.82) is 0 Å². The van der Waals surface area contributed by atoms with Crippen molar-refractivity contribution in [2.75, 3.05) is 0 Å². The van der Waals surface area contributed by atoms with Crippen LogP contribution >= 0.6 is 27.3 Å². The van der Waals surface area contributed by atoms with Gasteiger partial charge in [0.05, 0.1) is 0 Å². The van der Waals surface area contributed by atoms with E-state index in [9.17, 15) is 0 Å². The highest BCUT2D eigenvalue weighted by Gasteiger charge is 2.11. The zero-order chi connectivity index (χ0) is 9.68. The van der Waals surface area contributed by atoms with E-state index in [2.05, 4.69) is 46.6 Å². The smallest absolute Gasteiger partial charge is 0.0168 e. The number of thiophene rings is 1. The first kappa shape index (κ1) is 11.3. The lowest BCUT2D eigenvalue weighted by atomic mass is 9.98. The van der Waals surface area contributed by atoms with Gasteiger partial charge in [0.2, 0.25) is 0 Å². The third-order valence-corrected chi connectivity index (χ3v) is 4.76. The summed E-state index contributed by atoms with van der Waals surface area (Å²) in [4.78, 5) is 0.686. The van der Waals surface area contributed by atoms with Gasteiger partial charge in [-0.05, 0) is 47.6 Å². The molecule has 0 radical (unpaired) electrons. The van der Waals surface area contributed by atoms with Crippen LogP contribution in [0.1, 0.15) is 32.3 Å². The summed E-state index contributed by atoms with van der Waals surface area (Å²) in [6.07, 6.45) is 3.75. The minimum absolute atomic E-state index is 0.686. The Labute approximate surface area is 93.5 Å². The van der Waals surface area contributed by atoms with Crippen LogP contribution in [-0.2, 0) is 6.42 Å². The maximum Gasteiger partial charge on any atom is 0.0168 e. The summed E-state index contributed by atoms with van der Waals surface area (Å²) < 4.78 is 0. The summed E-state index contributed by atoms with van der Waals surface area (Å²) in [5.41, 5.74) is 1.49. The normalized spacial score (nSPS) is 15.6. The lowest BCUT2D eigenvalue weighted by Crippen LogP contribution is -2.10.